The molecule has 2 rings (SSSR count). The molecule has 0 bridgehead atoms. The number of hydrogen-bond donors (Lipinski definition) is 3. The van der Waals surface area contributed by atoms with Gasteiger partial charge in [0.1, 0.15) is 0 Å². The van der Waals surface area contributed by atoms with E-state index in [1.807, 2.05) is 0 Å². The van der Waals surface area contributed by atoms with Crippen LogP contribution in [-0.4, -0.2) is 17.0 Å². The summed E-state index contributed by atoms with van der Waals surface area (Å²) in [5, 5.41) is 10.0. The molecule has 2 aromatic carbocycles. The highest BCUT2D eigenvalue weighted by atomic mass is 16.5. The Bertz CT molecular complexity index is 608. The van der Waals surface area contributed by atoms with E-state index in [2.05, 4.69) is 6.07 Å². The third-order valence-electron chi connectivity index (χ3n) is 2.38. The Morgan fingerprint density at radius 3 is 2.65 bits per heavy atom. The smallest absolute Gasteiger partial charge is 0.276 e. The summed E-state index contributed by atoms with van der Waals surface area (Å²) in [7, 11) is 0. The summed E-state index contributed by atoms with van der Waals surface area (Å²) in [5.74, 6) is -1.56. The van der Waals surface area contributed by atoms with Crippen molar-refractivity contribution in [3.05, 3.63) is 47.5 Å². The van der Waals surface area contributed by atoms with Crippen molar-refractivity contribution in [2.75, 3.05) is 0 Å². The number of carbonyl (C=O) groups is 2. The molecule has 5 heteroatoms. The van der Waals surface area contributed by atoms with Crippen LogP contribution in [0.2, 0.25) is 0 Å². The standard InChI is InChI=1S/C12H9N2O3/c13-11(15)9-5-7-3-1-2-4-8(7)6-10(9)12(16)14-17/h1-5,17H,(H2,13,15)(H,14,16). The van der Waals surface area contributed by atoms with Gasteiger partial charge in [0.15, 0.2) is 0 Å². The van der Waals surface area contributed by atoms with Gasteiger partial charge in [-0.05, 0) is 16.8 Å². The van der Waals surface area contributed by atoms with E-state index in [0.717, 1.165) is 5.39 Å². The number of hydrogen-bond acceptors (Lipinski definition) is 3. The molecule has 2 amide bonds. The first-order valence-corrected chi connectivity index (χ1v) is 4.83. The summed E-state index contributed by atoms with van der Waals surface area (Å²) < 4.78 is 0. The molecule has 0 unspecified atom stereocenters. The Hall–Kier alpha value is -2.40. The second-order valence-electron chi connectivity index (χ2n) is 3.45. The highest BCUT2D eigenvalue weighted by molar-refractivity contribution is 6.09. The molecule has 0 fully saturated rings. The third kappa shape index (κ3) is 1.95. The summed E-state index contributed by atoms with van der Waals surface area (Å²) in [4.78, 5) is 22.6. The van der Waals surface area contributed by atoms with Crippen LogP contribution >= 0.6 is 0 Å². The predicted molar refractivity (Wildman–Crippen MR) is 60.6 cm³/mol. The summed E-state index contributed by atoms with van der Waals surface area (Å²) in [6, 6.07) is 11.4. The lowest BCUT2D eigenvalue weighted by molar-refractivity contribution is 0.0702. The van der Waals surface area contributed by atoms with Gasteiger partial charge in [-0.3, -0.25) is 14.8 Å². The fraction of sp³-hybridized carbons (Fsp3) is 0. The average molecular weight is 229 g/mol. The number of hydroxylamine groups is 1. The Labute approximate surface area is 96.8 Å². The van der Waals surface area contributed by atoms with Gasteiger partial charge >= 0.3 is 0 Å². The molecule has 2 aromatic rings. The second kappa shape index (κ2) is 4.23. The van der Waals surface area contributed by atoms with Gasteiger partial charge in [-0.1, -0.05) is 24.3 Å². The van der Waals surface area contributed by atoms with Crippen molar-refractivity contribution < 1.29 is 14.8 Å². The Balaban J connectivity index is 2.75. The molecule has 0 saturated heterocycles. The van der Waals surface area contributed by atoms with E-state index in [4.69, 9.17) is 10.9 Å². The van der Waals surface area contributed by atoms with Crippen molar-refractivity contribution in [1.29, 1.82) is 0 Å². The van der Waals surface area contributed by atoms with Crippen LogP contribution in [0, 0.1) is 6.07 Å². The fourth-order valence-corrected chi connectivity index (χ4v) is 1.60. The normalized spacial score (nSPS) is 10.2. The van der Waals surface area contributed by atoms with Crippen molar-refractivity contribution >= 4 is 22.6 Å². The number of primary amides is 1. The zero-order valence-electron chi connectivity index (χ0n) is 8.73. The van der Waals surface area contributed by atoms with Crippen LogP contribution in [0.3, 0.4) is 0 Å². The minimum atomic E-state index is -0.815. The van der Waals surface area contributed by atoms with E-state index in [1.54, 1.807) is 24.3 Å². The quantitative estimate of drug-likeness (QED) is 0.526. The molecule has 85 valence electrons. The van der Waals surface area contributed by atoms with E-state index in [1.165, 1.54) is 11.5 Å². The number of benzene rings is 2. The highest BCUT2D eigenvalue weighted by Gasteiger charge is 2.16. The lowest BCUT2D eigenvalue weighted by atomic mass is 10.00. The largest absolute Gasteiger partial charge is 0.366 e. The molecular formula is C12H9N2O3. The first-order chi connectivity index (χ1) is 8.13. The Morgan fingerprint density at radius 1 is 1.29 bits per heavy atom. The minimum absolute atomic E-state index is 0.0234. The number of rotatable bonds is 2. The molecule has 4 N–H and O–H groups in total. The number of carbonyl (C=O) groups excluding carboxylic acids is 2. The molecule has 0 saturated carbocycles. The zero-order valence-corrected chi connectivity index (χ0v) is 8.73. The fourth-order valence-electron chi connectivity index (χ4n) is 1.60. The number of amides is 2. The summed E-state index contributed by atoms with van der Waals surface area (Å²) >= 11 is 0. The maximum absolute atomic E-state index is 11.4. The Kier molecular flexibility index (Phi) is 2.76. The number of fused-ring (bicyclic) bond motifs is 1. The molecule has 0 aliphatic rings. The molecule has 17 heavy (non-hydrogen) atoms. The van der Waals surface area contributed by atoms with Crippen molar-refractivity contribution in [1.82, 2.24) is 5.48 Å². The molecule has 0 aliphatic carbocycles. The topological polar surface area (TPSA) is 92.4 Å². The van der Waals surface area contributed by atoms with Gasteiger partial charge in [-0.15, -0.1) is 0 Å². The van der Waals surface area contributed by atoms with E-state index < -0.39 is 11.8 Å². The van der Waals surface area contributed by atoms with Gasteiger partial charge < -0.3 is 5.73 Å². The van der Waals surface area contributed by atoms with Gasteiger partial charge in [0.2, 0.25) is 5.91 Å². The van der Waals surface area contributed by atoms with Gasteiger partial charge in [-0.25, -0.2) is 5.48 Å². The van der Waals surface area contributed by atoms with Crippen molar-refractivity contribution in [2.45, 2.75) is 0 Å². The number of nitrogens with two attached hydrogens (primary N) is 1. The second-order valence-corrected chi connectivity index (χ2v) is 3.45. The molecule has 0 heterocycles. The van der Waals surface area contributed by atoms with Gasteiger partial charge in [-0.2, -0.15) is 0 Å². The lowest BCUT2D eigenvalue weighted by Crippen LogP contribution is -2.24. The molecule has 0 spiro atoms. The maximum Gasteiger partial charge on any atom is 0.276 e. The van der Waals surface area contributed by atoms with Gasteiger partial charge in [0.05, 0.1) is 11.1 Å². The lowest BCUT2D eigenvalue weighted by Gasteiger charge is -2.06. The van der Waals surface area contributed by atoms with E-state index in [-0.39, 0.29) is 11.1 Å². The zero-order chi connectivity index (χ0) is 12.4. The summed E-state index contributed by atoms with van der Waals surface area (Å²) in [5.41, 5.74) is 6.59. The third-order valence-corrected chi connectivity index (χ3v) is 2.38. The van der Waals surface area contributed by atoms with Crippen molar-refractivity contribution in [2.24, 2.45) is 5.73 Å². The van der Waals surface area contributed by atoms with E-state index >= 15 is 0 Å². The average Bonchev–Trinajstić information content (AvgIpc) is 2.36. The Morgan fingerprint density at radius 2 is 2.00 bits per heavy atom. The first kappa shape index (κ1) is 11.1. The van der Waals surface area contributed by atoms with Gasteiger partial charge in [0, 0.05) is 6.07 Å². The van der Waals surface area contributed by atoms with Crippen LogP contribution in [0.4, 0.5) is 0 Å². The molecule has 0 atom stereocenters. The molecular weight excluding hydrogens is 220 g/mol. The van der Waals surface area contributed by atoms with Crippen LogP contribution in [0.25, 0.3) is 10.8 Å². The first-order valence-electron chi connectivity index (χ1n) is 4.83. The monoisotopic (exact) mass is 229 g/mol. The number of nitrogens with one attached hydrogen (secondary N) is 1. The summed E-state index contributed by atoms with van der Waals surface area (Å²) in [6.45, 7) is 0. The maximum atomic E-state index is 11.4. The van der Waals surface area contributed by atoms with E-state index in [0.29, 0.717) is 5.39 Å². The van der Waals surface area contributed by atoms with Crippen LogP contribution in [0.5, 0.6) is 0 Å². The predicted octanol–water partition coefficient (Wildman–Crippen LogP) is 0.858. The highest BCUT2D eigenvalue weighted by Crippen LogP contribution is 2.19. The molecule has 1 radical (unpaired) electrons. The van der Waals surface area contributed by atoms with Crippen LogP contribution in [0.15, 0.2) is 30.3 Å². The molecule has 0 aromatic heterocycles. The van der Waals surface area contributed by atoms with Crippen LogP contribution in [0.1, 0.15) is 20.7 Å². The SMILES string of the molecule is NC(=O)c1cc2ccccc2[c]c1C(=O)NO. The van der Waals surface area contributed by atoms with Crippen LogP contribution < -0.4 is 11.2 Å². The van der Waals surface area contributed by atoms with Crippen LogP contribution in [-0.2, 0) is 0 Å². The van der Waals surface area contributed by atoms with E-state index in [9.17, 15) is 9.59 Å². The van der Waals surface area contributed by atoms with Gasteiger partial charge in [0.25, 0.3) is 5.91 Å². The molecule has 5 nitrogen and oxygen atoms in total. The summed E-state index contributed by atoms with van der Waals surface area (Å²) in [6.07, 6.45) is 0. The van der Waals surface area contributed by atoms with Crippen molar-refractivity contribution in [3.8, 4) is 0 Å². The van der Waals surface area contributed by atoms with Crippen molar-refractivity contribution in [3.63, 3.8) is 0 Å². The molecule has 0 aliphatic heterocycles. The minimum Gasteiger partial charge on any atom is -0.366 e.